The van der Waals surface area contributed by atoms with Crippen LogP contribution in [0.1, 0.15) is 5.56 Å². The fourth-order valence-electron chi connectivity index (χ4n) is 1.59. The van der Waals surface area contributed by atoms with Crippen molar-refractivity contribution in [3.63, 3.8) is 0 Å². The highest BCUT2D eigenvalue weighted by Gasteiger charge is 2.09. The summed E-state index contributed by atoms with van der Waals surface area (Å²) < 4.78 is 0.959. The van der Waals surface area contributed by atoms with Gasteiger partial charge in [-0.05, 0) is 40.5 Å². The zero-order valence-electron chi connectivity index (χ0n) is 11.9. The molecule has 2 aromatic rings. The Labute approximate surface area is 126 Å². The van der Waals surface area contributed by atoms with Crippen LogP contribution >= 0.6 is 15.9 Å². The molecule has 0 aliphatic carbocycles. The number of aryl methyl sites for hydroxylation is 1. The summed E-state index contributed by atoms with van der Waals surface area (Å²) in [5, 5.41) is 6.14. The molecule has 0 aliphatic heterocycles. The Morgan fingerprint density at radius 1 is 1.10 bits per heavy atom. The topological polar surface area (TPSA) is 66.0 Å². The van der Waals surface area contributed by atoms with E-state index in [9.17, 15) is 0 Å². The van der Waals surface area contributed by atoms with Crippen LogP contribution in [0.25, 0.3) is 0 Å². The van der Waals surface area contributed by atoms with E-state index < -0.39 is 0 Å². The van der Waals surface area contributed by atoms with E-state index in [4.69, 9.17) is 0 Å². The molecule has 106 valence electrons. The number of hydrogen-bond donors (Lipinski definition) is 2. The van der Waals surface area contributed by atoms with Crippen molar-refractivity contribution in [1.29, 1.82) is 0 Å². The van der Waals surface area contributed by atoms with E-state index in [-0.39, 0.29) is 0 Å². The minimum atomic E-state index is 0.499. The predicted molar refractivity (Wildman–Crippen MR) is 85.9 cm³/mol. The smallest absolute Gasteiger partial charge is 0.233 e. The van der Waals surface area contributed by atoms with Crippen molar-refractivity contribution >= 4 is 39.5 Å². The third-order valence-corrected chi connectivity index (χ3v) is 3.31. The number of hydrogen-bond acceptors (Lipinski definition) is 6. The van der Waals surface area contributed by atoms with Gasteiger partial charge in [0.15, 0.2) is 0 Å². The van der Waals surface area contributed by atoms with Gasteiger partial charge >= 0.3 is 0 Å². The van der Waals surface area contributed by atoms with E-state index in [1.807, 2.05) is 44.1 Å². The monoisotopic (exact) mass is 336 g/mol. The van der Waals surface area contributed by atoms with Crippen molar-refractivity contribution in [3.8, 4) is 0 Å². The first kappa shape index (κ1) is 14.5. The maximum atomic E-state index is 4.38. The van der Waals surface area contributed by atoms with Gasteiger partial charge in [0.1, 0.15) is 0 Å². The lowest BCUT2D eigenvalue weighted by Gasteiger charge is -2.14. The maximum Gasteiger partial charge on any atom is 0.233 e. The van der Waals surface area contributed by atoms with Crippen LogP contribution in [0.2, 0.25) is 0 Å². The Morgan fingerprint density at radius 3 is 2.45 bits per heavy atom. The predicted octanol–water partition coefficient (Wildman–Crippen LogP) is 2.79. The number of benzene rings is 1. The summed E-state index contributed by atoms with van der Waals surface area (Å²) >= 11 is 3.51. The van der Waals surface area contributed by atoms with Crippen LogP contribution in [0.15, 0.2) is 22.7 Å². The van der Waals surface area contributed by atoms with Crippen molar-refractivity contribution in [2.45, 2.75) is 6.92 Å². The van der Waals surface area contributed by atoms with E-state index in [1.54, 1.807) is 7.05 Å². The summed E-state index contributed by atoms with van der Waals surface area (Å²) in [4.78, 5) is 14.8. The molecule has 2 N–H and O–H groups in total. The van der Waals surface area contributed by atoms with Crippen LogP contribution in [0.3, 0.4) is 0 Å². The lowest BCUT2D eigenvalue weighted by Crippen LogP contribution is -2.15. The zero-order valence-corrected chi connectivity index (χ0v) is 13.5. The van der Waals surface area contributed by atoms with Crippen molar-refractivity contribution in [2.24, 2.45) is 0 Å². The second-order valence-corrected chi connectivity index (χ2v) is 5.39. The SMILES string of the molecule is CNc1nc(Nc2cc(C)ccc2Br)nc(N(C)C)n1. The molecule has 1 aromatic carbocycles. The molecule has 2 rings (SSSR count). The molecule has 0 aliphatic rings. The van der Waals surface area contributed by atoms with Gasteiger partial charge in [-0.15, -0.1) is 0 Å². The van der Waals surface area contributed by atoms with Crippen LogP contribution in [-0.4, -0.2) is 36.1 Å². The van der Waals surface area contributed by atoms with Gasteiger partial charge in [-0.2, -0.15) is 15.0 Å². The van der Waals surface area contributed by atoms with E-state index in [1.165, 1.54) is 0 Å². The van der Waals surface area contributed by atoms with Gasteiger partial charge in [0, 0.05) is 25.6 Å². The number of aromatic nitrogens is 3. The second kappa shape index (κ2) is 6.04. The molecule has 6 nitrogen and oxygen atoms in total. The summed E-state index contributed by atoms with van der Waals surface area (Å²) in [5.41, 5.74) is 2.08. The lowest BCUT2D eigenvalue weighted by atomic mass is 10.2. The first-order valence-corrected chi connectivity index (χ1v) is 6.93. The Bertz CT molecular complexity index is 614. The average molecular weight is 337 g/mol. The van der Waals surface area contributed by atoms with Gasteiger partial charge in [-0.25, -0.2) is 0 Å². The Morgan fingerprint density at radius 2 is 1.80 bits per heavy atom. The Hall–Kier alpha value is -1.89. The summed E-state index contributed by atoms with van der Waals surface area (Å²) in [6, 6.07) is 6.06. The molecule has 0 amide bonds. The lowest BCUT2D eigenvalue weighted by molar-refractivity contribution is 0.963. The van der Waals surface area contributed by atoms with Crippen LogP contribution < -0.4 is 15.5 Å². The van der Waals surface area contributed by atoms with E-state index in [2.05, 4.69) is 41.5 Å². The van der Waals surface area contributed by atoms with E-state index in [0.717, 1.165) is 15.7 Å². The van der Waals surface area contributed by atoms with Crippen LogP contribution in [0, 0.1) is 6.92 Å². The number of halogens is 1. The van der Waals surface area contributed by atoms with E-state index >= 15 is 0 Å². The molecule has 0 unspecified atom stereocenters. The molecule has 0 atom stereocenters. The fourth-order valence-corrected chi connectivity index (χ4v) is 1.93. The van der Waals surface area contributed by atoms with Gasteiger partial charge in [0.05, 0.1) is 5.69 Å². The van der Waals surface area contributed by atoms with Gasteiger partial charge in [-0.3, -0.25) is 0 Å². The molecular formula is C13H17BrN6. The molecule has 0 saturated heterocycles. The molecular weight excluding hydrogens is 320 g/mol. The molecule has 0 saturated carbocycles. The number of nitrogens with one attached hydrogen (secondary N) is 2. The van der Waals surface area contributed by atoms with Crippen LogP contribution in [0.4, 0.5) is 23.5 Å². The van der Waals surface area contributed by atoms with E-state index in [0.29, 0.717) is 17.8 Å². The first-order chi connectivity index (χ1) is 9.49. The fraction of sp³-hybridized carbons (Fsp3) is 0.308. The molecule has 0 spiro atoms. The number of anilines is 4. The molecule has 1 aromatic heterocycles. The maximum absolute atomic E-state index is 4.38. The molecule has 0 radical (unpaired) electrons. The Kier molecular flexibility index (Phi) is 4.39. The molecule has 1 heterocycles. The first-order valence-electron chi connectivity index (χ1n) is 6.14. The van der Waals surface area contributed by atoms with Crippen LogP contribution in [-0.2, 0) is 0 Å². The van der Waals surface area contributed by atoms with Crippen molar-refractivity contribution < 1.29 is 0 Å². The average Bonchev–Trinajstić information content (AvgIpc) is 2.42. The molecule has 0 fully saturated rings. The summed E-state index contributed by atoms with van der Waals surface area (Å²) in [6.07, 6.45) is 0. The van der Waals surface area contributed by atoms with Gasteiger partial charge < -0.3 is 15.5 Å². The van der Waals surface area contributed by atoms with Gasteiger partial charge in [-0.1, -0.05) is 6.07 Å². The highest BCUT2D eigenvalue weighted by molar-refractivity contribution is 9.10. The molecule has 7 heteroatoms. The minimum Gasteiger partial charge on any atom is -0.357 e. The standard InChI is InChI=1S/C13H17BrN6/c1-8-5-6-9(14)10(7-8)16-12-17-11(15-2)18-13(19-12)20(3)4/h5-7H,1-4H3,(H2,15,16,17,18,19). The molecule has 20 heavy (non-hydrogen) atoms. The zero-order chi connectivity index (χ0) is 14.7. The second-order valence-electron chi connectivity index (χ2n) is 4.54. The number of rotatable bonds is 4. The Balaban J connectivity index is 2.37. The largest absolute Gasteiger partial charge is 0.357 e. The highest BCUT2D eigenvalue weighted by Crippen LogP contribution is 2.26. The van der Waals surface area contributed by atoms with Crippen molar-refractivity contribution in [3.05, 3.63) is 28.2 Å². The molecule has 0 bridgehead atoms. The highest BCUT2D eigenvalue weighted by atomic mass is 79.9. The van der Waals surface area contributed by atoms with Crippen LogP contribution in [0.5, 0.6) is 0 Å². The number of nitrogens with zero attached hydrogens (tertiary/aromatic N) is 4. The third kappa shape index (κ3) is 3.36. The van der Waals surface area contributed by atoms with Crippen molar-refractivity contribution in [2.75, 3.05) is 36.7 Å². The minimum absolute atomic E-state index is 0.499. The summed E-state index contributed by atoms with van der Waals surface area (Å²) in [5.74, 6) is 1.62. The quantitative estimate of drug-likeness (QED) is 0.894. The van der Waals surface area contributed by atoms with Gasteiger partial charge in [0.25, 0.3) is 0 Å². The summed E-state index contributed by atoms with van der Waals surface area (Å²) in [7, 11) is 5.56. The van der Waals surface area contributed by atoms with Crippen molar-refractivity contribution in [1.82, 2.24) is 15.0 Å². The van der Waals surface area contributed by atoms with Gasteiger partial charge in [0.2, 0.25) is 17.8 Å². The normalized spacial score (nSPS) is 10.2. The third-order valence-electron chi connectivity index (χ3n) is 2.62. The summed E-state index contributed by atoms with van der Waals surface area (Å²) in [6.45, 7) is 2.04.